The molecule has 17 heavy (non-hydrogen) atoms. The summed E-state index contributed by atoms with van der Waals surface area (Å²) in [5.41, 5.74) is 1.08. The largest absolute Gasteiger partial charge is 0.395 e. The number of hydrogen-bond acceptors (Lipinski definition) is 3. The molecule has 5 heteroatoms. The van der Waals surface area contributed by atoms with Gasteiger partial charge in [0.15, 0.2) is 0 Å². The van der Waals surface area contributed by atoms with Crippen molar-refractivity contribution >= 4 is 33.2 Å². The van der Waals surface area contributed by atoms with E-state index in [0.717, 1.165) is 27.1 Å². The Kier molecular flexibility index (Phi) is 6.16. The zero-order chi connectivity index (χ0) is 12.8. The summed E-state index contributed by atoms with van der Waals surface area (Å²) in [6, 6.07) is 1.90. The molecule has 0 fully saturated rings. The number of carbonyl (C=O) groups is 1. The molecular formula is C12H18BrNO2S. The molecule has 0 aliphatic heterocycles. The lowest BCUT2D eigenvalue weighted by atomic mass is 10.3. The van der Waals surface area contributed by atoms with Gasteiger partial charge in [-0.15, -0.1) is 11.3 Å². The summed E-state index contributed by atoms with van der Waals surface area (Å²) < 4.78 is 1.00. The Morgan fingerprint density at radius 3 is 2.71 bits per heavy atom. The minimum Gasteiger partial charge on any atom is -0.395 e. The SMILES string of the molecule is CCCCN(CCO)C(=O)c1cc(C)c(Br)s1. The highest BCUT2D eigenvalue weighted by Crippen LogP contribution is 2.28. The summed E-state index contributed by atoms with van der Waals surface area (Å²) in [6.07, 6.45) is 2.01. The van der Waals surface area contributed by atoms with Crippen molar-refractivity contribution in [3.8, 4) is 0 Å². The number of nitrogens with zero attached hydrogens (tertiary/aromatic N) is 1. The van der Waals surface area contributed by atoms with Crippen LogP contribution in [0, 0.1) is 6.92 Å². The van der Waals surface area contributed by atoms with Crippen LogP contribution in [0.2, 0.25) is 0 Å². The number of hydrogen-bond donors (Lipinski definition) is 1. The fraction of sp³-hybridized carbons (Fsp3) is 0.583. The topological polar surface area (TPSA) is 40.5 Å². The third-order valence-corrected chi connectivity index (χ3v) is 4.63. The molecular weight excluding hydrogens is 302 g/mol. The third kappa shape index (κ3) is 4.08. The number of thiophene rings is 1. The Labute approximate surface area is 115 Å². The van der Waals surface area contributed by atoms with E-state index in [1.807, 2.05) is 13.0 Å². The molecule has 0 radical (unpaired) electrons. The second kappa shape index (κ2) is 7.13. The second-order valence-electron chi connectivity index (χ2n) is 3.94. The van der Waals surface area contributed by atoms with Crippen LogP contribution in [0.25, 0.3) is 0 Å². The molecule has 0 saturated carbocycles. The van der Waals surface area contributed by atoms with Gasteiger partial charge in [-0.1, -0.05) is 13.3 Å². The van der Waals surface area contributed by atoms with Gasteiger partial charge in [0.2, 0.25) is 0 Å². The van der Waals surface area contributed by atoms with E-state index in [1.54, 1.807) is 4.90 Å². The Morgan fingerprint density at radius 2 is 2.24 bits per heavy atom. The van der Waals surface area contributed by atoms with Crippen molar-refractivity contribution in [1.29, 1.82) is 0 Å². The van der Waals surface area contributed by atoms with Crippen molar-refractivity contribution in [2.24, 2.45) is 0 Å². The number of amides is 1. The van der Waals surface area contributed by atoms with Crippen molar-refractivity contribution < 1.29 is 9.90 Å². The highest BCUT2D eigenvalue weighted by atomic mass is 79.9. The maximum Gasteiger partial charge on any atom is 0.264 e. The van der Waals surface area contributed by atoms with Crippen LogP contribution >= 0.6 is 27.3 Å². The lowest BCUT2D eigenvalue weighted by Gasteiger charge is -2.20. The predicted octanol–water partition coefficient (Wildman–Crippen LogP) is 3.05. The average Bonchev–Trinajstić information content (AvgIpc) is 2.64. The molecule has 0 aromatic carbocycles. The van der Waals surface area contributed by atoms with Crippen LogP contribution in [-0.2, 0) is 0 Å². The molecule has 0 unspecified atom stereocenters. The Balaban J connectivity index is 2.76. The summed E-state index contributed by atoms with van der Waals surface area (Å²) in [4.78, 5) is 14.7. The van der Waals surface area contributed by atoms with Gasteiger partial charge in [-0.05, 0) is 40.9 Å². The first-order valence-corrected chi connectivity index (χ1v) is 7.37. The average molecular weight is 320 g/mol. The fourth-order valence-electron chi connectivity index (χ4n) is 1.51. The van der Waals surface area contributed by atoms with E-state index in [-0.39, 0.29) is 12.5 Å². The molecule has 1 N–H and O–H groups in total. The van der Waals surface area contributed by atoms with E-state index in [1.165, 1.54) is 11.3 Å². The third-order valence-electron chi connectivity index (χ3n) is 2.51. The summed E-state index contributed by atoms with van der Waals surface area (Å²) in [6.45, 7) is 5.20. The lowest BCUT2D eigenvalue weighted by molar-refractivity contribution is 0.0724. The van der Waals surface area contributed by atoms with Crippen LogP contribution in [0.5, 0.6) is 0 Å². The maximum atomic E-state index is 12.2. The van der Waals surface area contributed by atoms with Gasteiger partial charge in [-0.25, -0.2) is 0 Å². The highest BCUT2D eigenvalue weighted by molar-refractivity contribution is 9.11. The quantitative estimate of drug-likeness (QED) is 0.875. The Morgan fingerprint density at radius 1 is 1.53 bits per heavy atom. The van der Waals surface area contributed by atoms with Gasteiger partial charge in [0.25, 0.3) is 5.91 Å². The highest BCUT2D eigenvalue weighted by Gasteiger charge is 2.17. The normalized spacial score (nSPS) is 10.6. The van der Waals surface area contributed by atoms with Crippen LogP contribution in [-0.4, -0.2) is 35.6 Å². The zero-order valence-electron chi connectivity index (χ0n) is 10.2. The molecule has 1 rings (SSSR count). The van der Waals surface area contributed by atoms with Gasteiger partial charge in [0.1, 0.15) is 0 Å². The van der Waals surface area contributed by atoms with Gasteiger partial charge < -0.3 is 10.0 Å². The van der Waals surface area contributed by atoms with Crippen LogP contribution < -0.4 is 0 Å². The molecule has 0 bridgehead atoms. The molecule has 96 valence electrons. The first kappa shape index (κ1) is 14.7. The summed E-state index contributed by atoms with van der Waals surface area (Å²) in [7, 11) is 0. The fourth-order valence-corrected chi connectivity index (χ4v) is 3.01. The number of carbonyl (C=O) groups excluding carboxylic acids is 1. The maximum absolute atomic E-state index is 12.2. The van der Waals surface area contributed by atoms with E-state index >= 15 is 0 Å². The van der Waals surface area contributed by atoms with Crippen molar-refractivity contribution in [3.63, 3.8) is 0 Å². The first-order chi connectivity index (χ1) is 8.10. The molecule has 1 aromatic heterocycles. The molecule has 1 heterocycles. The minimum atomic E-state index is 0.0149. The lowest BCUT2D eigenvalue weighted by Crippen LogP contribution is -2.33. The van der Waals surface area contributed by atoms with Crippen LogP contribution in [0.1, 0.15) is 35.0 Å². The van der Waals surface area contributed by atoms with Gasteiger partial charge in [0, 0.05) is 13.1 Å². The number of aliphatic hydroxyl groups excluding tert-OH is 1. The monoisotopic (exact) mass is 319 g/mol. The molecule has 0 spiro atoms. The van der Waals surface area contributed by atoms with Crippen LogP contribution in [0.3, 0.4) is 0 Å². The Bertz CT molecular complexity index is 359. The van der Waals surface area contributed by atoms with E-state index < -0.39 is 0 Å². The second-order valence-corrected chi connectivity index (χ2v) is 6.31. The molecule has 1 aromatic rings. The molecule has 0 aliphatic carbocycles. The number of aliphatic hydroxyl groups is 1. The van der Waals surface area contributed by atoms with Gasteiger partial charge in [-0.2, -0.15) is 0 Å². The number of halogens is 1. The summed E-state index contributed by atoms with van der Waals surface area (Å²) in [5.74, 6) is 0.0197. The number of unbranched alkanes of at least 4 members (excludes halogenated alkanes) is 1. The van der Waals surface area contributed by atoms with Gasteiger partial charge in [0.05, 0.1) is 15.3 Å². The minimum absolute atomic E-state index is 0.0149. The van der Waals surface area contributed by atoms with E-state index in [9.17, 15) is 4.79 Å². The van der Waals surface area contributed by atoms with Crippen molar-refractivity contribution in [3.05, 3.63) is 20.3 Å². The molecule has 0 aliphatic rings. The Hall–Kier alpha value is -0.390. The number of rotatable bonds is 6. The van der Waals surface area contributed by atoms with Gasteiger partial charge >= 0.3 is 0 Å². The molecule has 0 atom stereocenters. The van der Waals surface area contributed by atoms with E-state index in [2.05, 4.69) is 22.9 Å². The smallest absolute Gasteiger partial charge is 0.264 e. The van der Waals surface area contributed by atoms with Crippen molar-refractivity contribution in [2.45, 2.75) is 26.7 Å². The van der Waals surface area contributed by atoms with Crippen LogP contribution in [0.4, 0.5) is 0 Å². The van der Waals surface area contributed by atoms with Gasteiger partial charge in [-0.3, -0.25) is 4.79 Å². The predicted molar refractivity (Wildman–Crippen MR) is 74.7 cm³/mol. The van der Waals surface area contributed by atoms with E-state index in [4.69, 9.17) is 5.11 Å². The molecule has 1 amide bonds. The summed E-state index contributed by atoms with van der Waals surface area (Å²) in [5, 5.41) is 8.99. The van der Waals surface area contributed by atoms with Crippen molar-refractivity contribution in [2.75, 3.05) is 19.7 Å². The number of aryl methyl sites for hydroxylation is 1. The van der Waals surface area contributed by atoms with Crippen LogP contribution in [0.15, 0.2) is 9.85 Å². The van der Waals surface area contributed by atoms with E-state index in [0.29, 0.717) is 13.1 Å². The van der Waals surface area contributed by atoms with Crippen molar-refractivity contribution in [1.82, 2.24) is 4.90 Å². The molecule has 0 saturated heterocycles. The summed E-state index contributed by atoms with van der Waals surface area (Å²) >= 11 is 4.88. The standard InChI is InChI=1S/C12H18BrNO2S/c1-3-4-5-14(6-7-15)12(16)10-8-9(2)11(13)17-10/h8,15H,3-7H2,1-2H3. The zero-order valence-corrected chi connectivity index (χ0v) is 12.6. The molecule has 3 nitrogen and oxygen atoms in total. The first-order valence-electron chi connectivity index (χ1n) is 5.76.